The summed E-state index contributed by atoms with van der Waals surface area (Å²) in [5.74, 6) is -1.53. The SMILES string of the molecule is CC(C)(C)c1ccc(CNC2=CC(=O)C(=O)C=C2O)cc1. The van der Waals surface area contributed by atoms with Crippen LogP contribution in [0.2, 0.25) is 0 Å². The number of carbonyl (C=O) groups excluding carboxylic acids is 2. The van der Waals surface area contributed by atoms with E-state index < -0.39 is 11.6 Å². The van der Waals surface area contributed by atoms with E-state index in [1.165, 1.54) is 5.56 Å². The van der Waals surface area contributed by atoms with Crippen LogP contribution in [-0.4, -0.2) is 16.7 Å². The van der Waals surface area contributed by atoms with Crippen molar-refractivity contribution in [3.05, 3.63) is 59.0 Å². The highest BCUT2D eigenvalue weighted by atomic mass is 16.3. The Morgan fingerprint density at radius 2 is 1.57 bits per heavy atom. The minimum atomic E-state index is -0.701. The van der Waals surface area contributed by atoms with Crippen LogP contribution in [-0.2, 0) is 21.5 Å². The molecular formula is C17H19NO3. The number of benzene rings is 1. The summed E-state index contributed by atoms with van der Waals surface area (Å²) >= 11 is 0. The molecule has 0 amide bonds. The Morgan fingerprint density at radius 1 is 1.00 bits per heavy atom. The molecule has 1 aliphatic rings. The van der Waals surface area contributed by atoms with E-state index >= 15 is 0 Å². The maximum atomic E-state index is 11.3. The molecule has 0 atom stereocenters. The van der Waals surface area contributed by atoms with E-state index in [9.17, 15) is 14.7 Å². The third-order valence-corrected chi connectivity index (χ3v) is 3.36. The molecule has 0 aliphatic heterocycles. The topological polar surface area (TPSA) is 66.4 Å². The van der Waals surface area contributed by atoms with Crippen LogP contribution < -0.4 is 5.32 Å². The van der Waals surface area contributed by atoms with Crippen molar-refractivity contribution in [3.8, 4) is 0 Å². The Bertz CT molecular complexity index is 631. The Morgan fingerprint density at radius 3 is 2.14 bits per heavy atom. The fourth-order valence-electron chi connectivity index (χ4n) is 2.01. The number of nitrogens with one attached hydrogen (secondary N) is 1. The maximum Gasteiger partial charge on any atom is 0.229 e. The third-order valence-electron chi connectivity index (χ3n) is 3.36. The minimum Gasteiger partial charge on any atom is -0.506 e. The average molecular weight is 285 g/mol. The van der Waals surface area contributed by atoms with Crippen LogP contribution >= 0.6 is 0 Å². The van der Waals surface area contributed by atoms with Gasteiger partial charge in [-0.3, -0.25) is 9.59 Å². The molecule has 4 nitrogen and oxygen atoms in total. The van der Waals surface area contributed by atoms with Crippen molar-refractivity contribution in [1.82, 2.24) is 5.32 Å². The van der Waals surface area contributed by atoms with E-state index in [-0.39, 0.29) is 16.9 Å². The molecule has 2 rings (SSSR count). The molecule has 0 fully saturated rings. The van der Waals surface area contributed by atoms with Crippen molar-refractivity contribution >= 4 is 11.6 Å². The molecule has 1 aromatic carbocycles. The lowest BCUT2D eigenvalue weighted by molar-refractivity contribution is -0.131. The highest BCUT2D eigenvalue weighted by molar-refractivity contribution is 6.46. The van der Waals surface area contributed by atoms with Gasteiger partial charge >= 0.3 is 0 Å². The van der Waals surface area contributed by atoms with Gasteiger partial charge in [-0.15, -0.1) is 0 Å². The van der Waals surface area contributed by atoms with E-state index in [0.29, 0.717) is 6.54 Å². The number of hydrogen-bond donors (Lipinski definition) is 2. The summed E-state index contributed by atoms with van der Waals surface area (Å²) in [5, 5.41) is 12.6. The van der Waals surface area contributed by atoms with Gasteiger partial charge in [-0.1, -0.05) is 45.0 Å². The van der Waals surface area contributed by atoms with Gasteiger partial charge in [0.15, 0.2) is 0 Å². The lowest BCUT2D eigenvalue weighted by Gasteiger charge is -2.19. The monoisotopic (exact) mass is 285 g/mol. The first kappa shape index (κ1) is 15.0. The smallest absolute Gasteiger partial charge is 0.229 e. The highest BCUT2D eigenvalue weighted by Crippen LogP contribution is 2.22. The molecule has 21 heavy (non-hydrogen) atoms. The maximum absolute atomic E-state index is 11.3. The zero-order valence-electron chi connectivity index (χ0n) is 12.4. The molecule has 0 unspecified atom stereocenters. The Balaban J connectivity index is 2.04. The minimum absolute atomic E-state index is 0.103. The van der Waals surface area contributed by atoms with Crippen molar-refractivity contribution in [2.24, 2.45) is 0 Å². The summed E-state index contributed by atoms with van der Waals surface area (Å²) in [6.45, 7) is 6.92. The van der Waals surface area contributed by atoms with E-state index in [0.717, 1.165) is 17.7 Å². The molecule has 1 aliphatic carbocycles. The fraction of sp³-hybridized carbons (Fsp3) is 0.294. The number of ketones is 2. The second-order valence-electron chi connectivity index (χ2n) is 6.12. The van der Waals surface area contributed by atoms with Crippen LogP contribution in [0.4, 0.5) is 0 Å². The Kier molecular flexibility index (Phi) is 3.98. The van der Waals surface area contributed by atoms with Gasteiger partial charge in [0.1, 0.15) is 5.76 Å². The molecule has 0 bridgehead atoms. The van der Waals surface area contributed by atoms with Gasteiger partial charge in [-0.05, 0) is 16.5 Å². The molecule has 0 heterocycles. The van der Waals surface area contributed by atoms with Crippen LogP contribution in [0.15, 0.2) is 47.9 Å². The third kappa shape index (κ3) is 3.60. The number of rotatable bonds is 3. The van der Waals surface area contributed by atoms with Crippen molar-refractivity contribution < 1.29 is 14.7 Å². The van der Waals surface area contributed by atoms with Gasteiger partial charge in [-0.2, -0.15) is 0 Å². The standard InChI is InChI=1S/C17H19NO3/c1-17(2,3)12-6-4-11(5-7-12)10-18-13-8-15(20)16(21)9-14(13)19/h4-9,18-19H,10H2,1-3H3. The van der Waals surface area contributed by atoms with Crippen molar-refractivity contribution in [2.75, 3.05) is 0 Å². The van der Waals surface area contributed by atoms with E-state index in [2.05, 4.69) is 38.2 Å². The average Bonchev–Trinajstić information content (AvgIpc) is 2.41. The van der Waals surface area contributed by atoms with Gasteiger partial charge in [0.05, 0.1) is 5.70 Å². The molecule has 2 N–H and O–H groups in total. The highest BCUT2D eigenvalue weighted by Gasteiger charge is 2.19. The van der Waals surface area contributed by atoms with Crippen LogP contribution in [0.5, 0.6) is 0 Å². The zero-order chi connectivity index (χ0) is 15.6. The Hall–Kier alpha value is -2.36. The summed E-state index contributed by atoms with van der Waals surface area (Å²) in [6, 6.07) is 8.14. The van der Waals surface area contributed by atoms with Crippen molar-refractivity contribution in [2.45, 2.75) is 32.7 Å². The number of carbonyl (C=O) groups is 2. The van der Waals surface area contributed by atoms with Gasteiger partial charge in [0.2, 0.25) is 11.6 Å². The van der Waals surface area contributed by atoms with Gasteiger partial charge < -0.3 is 10.4 Å². The quantitative estimate of drug-likeness (QED) is 0.661. The summed E-state index contributed by atoms with van der Waals surface area (Å²) in [5.41, 5.74) is 2.65. The second-order valence-corrected chi connectivity index (χ2v) is 6.12. The fourth-order valence-corrected chi connectivity index (χ4v) is 2.01. The first-order valence-corrected chi connectivity index (χ1v) is 6.82. The van der Waals surface area contributed by atoms with Crippen LogP contribution in [0, 0.1) is 0 Å². The summed E-state index contributed by atoms with van der Waals surface area (Å²) < 4.78 is 0. The first-order chi connectivity index (χ1) is 9.77. The molecular weight excluding hydrogens is 266 g/mol. The number of aliphatic hydroxyl groups excluding tert-OH is 1. The van der Waals surface area contributed by atoms with Gasteiger partial charge in [0.25, 0.3) is 0 Å². The molecule has 0 radical (unpaired) electrons. The molecule has 4 heteroatoms. The van der Waals surface area contributed by atoms with Gasteiger partial charge in [0, 0.05) is 18.7 Å². The summed E-state index contributed by atoms with van der Waals surface area (Å²) in [6.07, 6.45) is 2.06. The molecule has 110 valence electrons. The lowest BCUT2D eigenvalue weighted by atomic mass is 9.87. The first-order valence-electron chi connectivity index (χ1n) is 6.82. The molecule has 0 saturated heterocycles. The molecule has 1 aromatic rings. The van der Waals surface area contributed by atoms with Crippen LogP contribution in [0.1, 0.15) is 31.9 Å². The van der Waals surface area contributed by atoms with Crippen LogP contribution in [0.25, 0.3) is 0 Å². The summed E-state index contributed by atoms with van der Waals surface area (Å²) in [7, 11) is 0. The largest absolute Gasteiger partial charge is 0.506 e. The second kappa shape index (κ2) is 5.56. The van der Waals surface area contributed by atoms with Crippen molar-refractivity contribution in [3.63, 3.8) is 0 Å². The lowest BCUT2D eigenvalue weighted by Crippen LogP contribution is -2.23. The number of allylic oxidation sites excluding steroid dienone is 2. The van der Waals surface area contributed by atoms with Crippen molar-refractivity contribution in [1.29, 1.82) is 0 Å². The van der Waals surface area contributed by atoms with Gasteiger partial charge in [-0.25, -0.2) is 0 Å². The summed E-state index contributed by atoms with van der Waals surface area (Å²) in [4.78, 5) is 22.4. The number of aliphatic hydroxyl groups is 1. The molecule has 0 spiro atoms. The molecule has 0 saturated carbocycles. The zero-order valence-corrected chi connectivity index (χ0v) is 12.4. The van der Waals surface area contributed by atoms with Crippen LogP contribution in [0.3, 0.4) is 0 Å². The van der Waals surface area contributed by atoms with E-state index in [4.69, 9.17) is 0 Å². The van der Waals surface area contributed by atoms with E-state index in [1.807, 2.05) is 12.1 Å². The molecule has 0 aromatic heterocycles. The normalized spacial score (nSPS) is 15.6. The predicted molar refractivity (Wildman–Crippen MR) is 80.8 cm³/mol. The number of hydrogen-bond acceptors (Lipinski definition) is 4. The Labute approximate surface area is 124 Å². The predicted octanol–water partition coefficient (Wildman–Crippen LogP) is 2.55. The van der Waals surface area contributed by atoms with E-state index in [1.54, 1.807) is 0 Å².